The van der Waals surface area contributed by atoms with Gasteiger partial charge in [-0.2, -0.15) is 0 Å². The summed E-state index contributed by atoms with van der Waals surface area (Å²) in [6.45, 7) is 5.63. The van der Waals surface area contributed by atoms with Crippen LogP contribution in [0.25, 0.3) is 0 Å². The van der Waals surface area contributed by atoms with Crippen molar-refractivity contribution in [1.82, 2.24) is 4.90 Å². The van der Waals surface area contributed by atoms with Gasteiger partial charge in [0, 0.05) is 19.7 Å². The van der Waals surface area contributed by atoms with Crippen molar-refractivity contribution in [3.05, 3.63) is 0 Å². The molecular weight excluding hydrogens is 206 g/mol. The molecule has 4 nitrogen and oxygen atoms in total. The number of nitrogens with zero attached hydrogens (tertiary/aromatic N) is 1. The van der Waals surface area contributed by atoms with E-state index < -0.39 is 0 Å². The summed E-state index contributed by atoms with van der Waals surface area (Å²) in [6.07, 6.45) is 3.44. The second kappa shape index (κ2) is 8.01. The first-order valence-corrected chi connectivity index (χ1v) is 6.23. The number of hydrogen-bond donors (Lipinski definition) is 1. The van der Waals surface area contributed by atoms with Crippen molar-refractivity contribution < 1.29 is 14.6 Å². The molecule has 96 valence electrons. The number of β-amino-alcohol motifs (C(OH)–C–C–N with tert-alkyl or cyclic N) is 1. The molecule has 1 N–H and O–H groups in total. The topological polar surface area (TPSA) is 41.9 Å². The van der Waals surface area contributed by atoms with Crippen LogP contribution in [-0.4, -0.2) is 62.2 Å². The van der Waals surface area contributed by atoms with Crippen molar-refractivity contribution in [1.29, 1.82) is 0 Å². The number of likely N-dealkylation sites (tertiary alicyclic amines) is 1. The molecule has 0 amide bonds. The molecule has 2 unspecified atom stereocenters. The lowest BCUT2D eigenvalue weighted by Crippen LogP contribution is -2.43. The third-order valence-corrected chi connectivity index (χ3v) is 3.13. The van der Waals surface area contributed by atoms with Gasteiger partial charge in [-0.1, -0.05) is 6.42 Å². The van der Waals surface area contributed by atoms with Gasteiger partial charge in [0.1, 0.15) is 0 Å². The van der Waals surface area contributed by atoms with Gasteiger partial charge in [-0.15, -0.1) is 0 Å². The summed E-state index contributed by atoms with van der Waals surface area (Å²) in [6, 6.07) is 0.599. The van der Waals surface area contributed by atoms with Crippen LogP contribution in [-0.2, 0) is 9.47 Å². The highest BCUT2D eigenvalue weighted by Crippen LogP contribution is 2.16. The van der Waals surface area contributed by atoms with Crippen LogP contribution in [0.3, 0.4) is 0 Å². The van der Waals surface area contributed by atoms with E-state index in [-0.39, 0.29) is 6.10 Å². The molecule has 2 atom stereocenters. The van der Waals surface area contributed by atoms with E-state index in [9.17, 15) is 5.11 Å². The third-order valence-electron chi connectivity index (χ3n) is 3.13. The van der Waals surface area contributed by atoms with Crippen LogP contribution < -0.4 is 0 Å². The summed E-state index contributed by atoms with van der Waals surface area (Å²) in [5.74, 6) is 0. The normalized spacial score (nSPS) is 24.6. The predicted octanol–water partition coefficient (Wildman–Crippen LogP) is 0.885. The minimum Gasteiger partial charge on any atom is -0.389 e. The standard InChI is InChI=1S/C12H25NO3/c1-11-5-3-4-6-13(11)9-12(14)10-16-8-7-15-2/h11-12,14H,3-10H2,1-2H3. The van der Waals surface area contributed by atoms with E-state index in [2.05, 4.69) is 11.8 Å². The van der Waals surface area contributed by atoms with Crippen LogP contribution in [0.1, 0.15) is 26.2 Å². The fourth-order valence-corrected chi connectivity index (χ4v) is 2.11. The second-order valence-corrected chi connectivity index (χ2v) is 4.56. The van der Waals surface area contributed by atoms with Gasteiger partial charge >= 0.3 is 0 Å². The smallest absolute Gasteiger partial charge is 0.0900 e. The van der Waals surface area contributed by atoms with Gasteiger partial charge in [0.25, 0.3) is 0 Å². The molecular formula is C12H25NO3. The first-order chi connectivity index (χ1) is 7.74. The first-order valence-electron chi connectivity index (χ1n) is 6.23. The monoisotopic (exact) mass is 231 g/mol. The Balaban J connectivity index is 2.09. The van der Waals surface area contributed by atoms with E-state index in [1.165, 1.54) is 19.3 Å². The van der Waals surface area contributed by atoms with Crippen LogP contribution in [0, 0.1) is 0 Å². The zero-order valence-corrected chi connectivity index (χ0v) is 10.5. The Morgan fingerprint density at radius 1 is 1.38 bits per heavy atom. The maximum atomic E-state index is 9.81. The highest BCUT2D eigenvalue weighted by molar-refractivity contribution is 4.75. The number of aliphatic hydroxyl groups is 1. The van der Waals surface area contributed by atoms with E-state index in [0.717, 1.165) is 13.1 Å². The Hall–Kier alpha value is -0.160. The first kappa shape index (κ1) is 13.9. The fraction of sp³-hybridized carbons (Fsp3) is 1.00. The zero-order valence-electron chi connectivity index (χ0n) is 10.5. The summed E-state index contributed by atoms with van der Waals surface area (Å²) >= 11 is 0. The van der Waals surface area contributed by atoms with Crippen LogP contribution in [0.5, 0.6) is 0 Å². The largest absolute Gasteiger partial charge is 0.389 e. The molecule has 1 saturated heterocycles. The molecule has 1 heterocycles. The Morgan fingerprint density at radius 3 is 2.88 bits per heavy atom. The maximum Gasteiger partial charge on any atom is 0.0900 e. The molecule has 0 spiro atoms. The number of piperidine rings is 1. The molecule has 1 aliphatic heterocycles. The lowest BCUT2D eigenvalue weighted by atomic mass is 10.0. The van der Waals surface area contributed by atoms with Crippen LogP contribution >= 0.6 is 0 Å². The Labute approximate surface area is 98.5 Å². The minimum absolute atomic E-state index is 0.377. The summed E-state index contributed by atoms with van der Waals surface area (Å²) in [7, 11) is 1.65. The minimum atomic E-state index is -0.377. The fourth-order valence-electron chi connectivity index (χ4n) is 2.11. The second-order valence-electron chi connectivity index (χ2n) is 4.56. The summed E-state index contributed by atoms with van der Waals surface area (Å²) < 4.78 is 10.2. The molecule has 0 saturated carbocycles. The van der Waals surface area contributed by atoms with Gasteiger partial charge in [0.2, 0.25) is 0 Å². The van der Waals surface area contributed by atoms with Gasteiger partial charge < -0.3 is 14.6 Å². The highest BCUT2D eigenvalue weighted by atomic mass is 16.5. The van der Waals surface area contributed by atoms with E-state index >= 15 is 0 Å². The molecule has 0 bridgehead atoms. The quantitative estimate of drug-likeness (QED) is 0.661. The molecule has 0 aromatic carbocycles. The zero-order chi connectivity index (χ0) is 11.8. The molecule has 0 radical (unpaired) electrons. The molecule has 0 aliphatic carbocycles. The Kier molecular flexibility index (Phi) is 6.96. The van der Waals surface area contributed by atoms with Crippen molar-refractivity contribution in [3.8, 4) is 0 Å². The number of rotatable bonds is 7. The van der Waals surface area contributed by atoms with Gasteiger partial charge in [-0.05, 0) is 26.3 Å². The lowest BCUT2D eigenvalue weighted by molar-refractivity contribution is -0.00928. The van der Waals surface area contributed by atoms with Gasteiger partial charge in [0.15, 0.2) is 0 Å². The maximum absolute atomic E-state index is 9.81. The van der Waals surface area contributed by atoms with E-state index in [0.29, 0.717) is 25.9 Å². The number of methoxy groups -OCH3 is 1. The SMILES string of the molecule is COCCOCC(O)CN1CCCCC1C. The van der Waals surface area contributed by atoms with Crippen LogP contribution in [0.15, 0.2) is 0 Å². The van der Waals surface area contributed by atoms with Crippen molar-refractivity contribution in [2.75, 3.05) is 40.0 Å². The molecule has 4 heteroatoms. The van der Waals surface area contributed by atoms with E-state index in [1.807, 2.05) is 0 Å². The lowest BCUT2D eigenvalue weighted by Gasteiger charge is -2.34. The van der Waals surface area contributed by atoms with Crippen LogP contribution in [0.4, 0.5) is 0 Å². The Bertz CT molecular complexity index is 178. The van der Waals surface area contributed by atoms with Gasteiger partial charge in [-0.3, -0.25) is 4.90 Å². The molecule has 0 aromatic heterocycles. The summed E-state index contributed by atoms with van der Waals surface area (Å²) in [5, 5.41) is 9.81. The van der Waals surface area contributed by atoms with Crippen LogP contribution in [0.2, 0.25) is 0 Å². The predicted molar refractivity (Wildman–Crippen MR) is 63.6 cm³/mol. The van der Waals surface area contributed by atoms with Gasteiger partial charge in [0.05, 0.1) is 25.9 Å². The highest BCUT2D eigenvalue weighted by Gasteiger charge is 2.20. The molecule has 1 aliphatic rings. The van der Waals surface area contributed by atoms with Crippen molar-refractivity contribution in [2.45, 2.75) is 38.3 Å². The third kappa shape index (κ3) is 5.25. The summed E-state index contributed by atoms with van der Waals surface area (Å²) in [5.41, 5.74) is 0. The van der Waals surface area contributed by atoms with Gasteiger partial charge in [-0.25, -0.2) is 0 Å². The van der Waals surface area contributed by atoms with E-state index in [4.69, 9.17) is 9.47 Å². The molecule has 0 aromatic rings. The number of ether oxygens (including phenoxy) is 2. The van der Waals surface area contributed by atoms with E-state index in [1.54, 1.807) is 7.11 Å². The number of hydrogen-bond acceptors (Lipinski definition) is 4. The molecule has 16 heavy (non-hydrogen) atoms. The average Bonchev–Trinajstić information content (AvgIpc) is 2.28. The number of aliphatic hydroxyl groups excluding tert-OH is 1. The summed E-state index contributed by atoms with van der Waals surface area (Å²) in [4.78, 5) is 2.36. The van der Waals surface area contributed by atoms with Crippen molar-refractivity contribution in [2.24, 2.45) is 0 Å². The molecule has 1 rings (SSSR count). The van der Waals surface area contributed by atoms with Crippen molar-refractivity contribution >= 4 is 0 Å². The average molecular weight is 231 g/mol. The Morgan fingerprint density at radius 2 is 2.19 bits per heavy atom. The molecule has 1 fully saturated rings. The van der Waals surface area contributed by atoms with Crippen molar-refractivity contribution in [3.63, 3.8) is 0 Å².